The van der Waals surface area contributed by atoms with E-state index >= 15 is 0 Å². The van der Waals surface area contributed by atoms with E-state index in [2.05, 4.69) is 5.10 Å². The number of alkyl halides is 3. The fourth-order valence-electron chi connectivity index (χ4n) is 2.47. The first-order chi connectivity index (χ1) is 14.0. The number of hydrogen-bond acceptors (Lipinski definition) is 5. The fourth-order valence-corrected chi connectivity index (χ4v) is 3.46. The average molecular weight is 438 g/mol. The lowest BCUT2D eigenvalue weighted by molar-refractivity contribution is -0.137. The van der Waals surface area contributed by atoms with Crippen LogP contribution in [-0.2, 0) is 16.2 Å². The summed E-state index contributed by atoms with van der Waals surface area (Å²) in [6.07, 6.45) is -3.76. The number of nitrogens with one attached hydrogen (secondary N) is 1. The van der Waals surface area contributed by atoms with Crippen molar-refractivity contribution < 1.29 is 30.8 Å². The third kappa shape index (κ3) is 4.15. The van der Waals surface area contributed by atoms with Crippen molar-refractivity contribution in [3.63, 3.8) is 0 Å². The van der Waals surface area contributed by atoms with Crippen LogP contribution >= 0.6 is 0 Å². The predicted octanol–water partition coefficient (Wildman–Crippen LogP) is 3.02. The Balaban J connectivity index is 1.89. The topological polar surface area (TPSA) is 105 Å². The molecule has 7 nitrogen and oxygen atoms in total. The molecule has 1 aromatic heterocycles. The summed E-state index contributed by atoms with van der Waals surface area (Å²) in [5.74, 6) is -1.87. The largest absolute Gasteiger partial charge is 0.417 e. The summed E-state index contributed by atoms with van der Waals surface area (Å²) in [5, 5.41) is 12.6. The standard InChI is InChI=1S/C18H10F4N4O3S/c19-14-3-1-2-4-16(14)26-8-7-15(24-26)17(27)25-30(28,29)12-6-5-11(10-23)13(9-12)18(20,21)22/h1-9H,(H,25,27). The molecule has 0 spiro atoms. The SMILES string of the molecule is N#Cc1ccc(S(=O)(=O)NC(=O)c2ccn(-c3ccccc3F)n2)cc1C(F)(F)F. The molecular formula is C18H10F4N4O3S. The number of carbonyl (C=O) groups is 1. The van der Waals surface area contributed by atoms with Gasteiger partial charge < -0.3 is 0 Å². The van der Waals surface area contributed by atoms with Crippen LogP contribution in [0.2, 0.25) is 0 Å². The Morgan fingerprint density at radius 3 is 2.47 bits per heavy atom. The highest BCUT2D eigenvalue weighted by Crippen LogP contribution is 2.33. The summed E-state index contributed by atoms with van der Waals surface area (Å²) in [4.78, 5) is 11.4. The Hall–Kier alpha value is -3.72. The predicted molar refractivity (Wildman–Crippen MR) is 94.3 cm³/mol. The van der Waals surface area contributed by atoms with Crippen molar-refractivity contribution in [3.8, 4) is 11.8 Å². The molecule has 0 bridgehead atoms. The molecule has 154 valence electrons. The second-order valence-corrected chi connectivity index (χ2v) is 7.53. The lowest BCUT2D eigenvalue weighted by Crippen LogP contribution is -2.31. The van der Waals surface area contributed by atoms with Crippen LogP contribution in [0.3, 0.4) is 0 Å². The van der Waals surface area contributed by atoms with Gasteiger partial charge in [-0.15, -0.1) is 0 Å². The summed E-state index contributed by atoms with van der Waals surface area (Å²) in [5.41, 5.74) is -2.63. The van der Waals surface area contributed by atoms with Crippen LogP contribution in [0.15, 0.2) is 59.6 Å². The number of amides is 1. The highest BCUT2D eigenvalue weighted by molar-refractivity contribution is 7.90. The van der Waals surface area contributed by atoms with E-state index in [0.717, 1.165) is 22.9 Å². The number of carbonyl (C=O) groups excluding carboxylic acids is 1. The number of para-hydroxylation sites is 1. The fraction of sp³-hybridized carbons (Fsp3) is 0.0556. The van der Waals surface area contributed by atoms with Crippen molar-refractivity contribution in [2.75, 3.05) is 0 Å². The quantitative estimate of drug-likeness (QED) is 0.631. The zero-order chi connectivity index (χ0) is 22.1. The first-order valence-corrected chi connectivity index (χ1v) is 9.50. The van der Waals surface area contributed by atoms with E-state index in [1.807, 2.05) is 0 Å². The van der Waals surface area contributed by atoms with Gasteiger partial charge in [-0.05, 0) is 36.4 Å². The molecule has 3 rings (SSSR count). The van der Waals surface area contributed by atoms with E-state index in [9.17, 15) is 30.8 Å². The number of halogens is 4. The summed E-state index contributed by atoms with van der Waals surface area (Å²) >= 11 is 0. The normalized spacial score (nSPS) is 11.7. The molecule has 1 amide bonds. The zero-order valence-electron chi connectivity index (χ0n) is 14.7. The van der Waals surface area contributed by atoms with Gasteiger partial charge in [0.1, 0.15) is 11.5 Å². The molecule has 0 saturated carbocycles. The number of benzene rings is 2. The summed E-state index contributed by atoms with van der Waals surface area (Å²) in [7, 11) is -4.71. The summed E-state index contributed by atoms with van der Waals surface area (Å²) < 4.78 is 80.3. The number of hydrogen-bond donors (Lipinski definition) is 1. The average Bonchev–Trinajstić information content (AvgIpc) is 3.17. The van der Waals surface area contributed by atoms with Crippen molar-refractivity contribution in [3.05, 3.63) is 77.4 Å². The molecule has 0 radical (unpaired) electrons. The number of nitrogens with zero attached hydrogens (tertiary/aromatic N) is 3. The minimum atomic E-state index is -4.97. The van der Waals surface area contributed by atoms with Crippen LogP contribution in [0.4, 0.5) is 17.6 Å². The van der Waals surface area contributed by atoms with Crippen molar-refractivity contribution in [1.29, 1.82) is 5.26 Å². The Morgan fingerprint density at radius 2 is 1.83 bits per heavy atom. The number of rotatable bonds is 4. The van der Waals surface area contributed by atoms with Crippen molar-refractivity contribution in [2.45, 2.75) is 11.1 Å². The van der Waals surface area contributed by atoms with Gasteiger partial charge in [0, 0.05) is 6.20 Å². The number of nitriles is 1. The van der Waals surface area contributed by atoms with Crippen molar-refractivity contribution in [2.24, 2.45) is 0 Å². The van der Waals surface area contributed by atoms with E-state index in [1.54, 1.807) is 4.72 Å². The summed E-state index contributed by atoms with van der Waals surface area (Å²) in [6, 6.07) is 9.63. The molecule has 0 aliphatic heterocycles. The molecule has 0 aliphatic rings. The van der Waals surface area contributed by atoms with Crippen LogP contribution < -0.4 is 4.72 Å². The highest BCUT2D eigenvalue weighted by Gasteiger charge is 2.35. The van der Waals surface area contributed by atoms with Crippen LogP contribution in [0.1, 0.15) is 21.6 Å². The second-order valence-electron chi connectivity index (χ2n) is 5.85. The lowest BCUT2D eigenvalue weighted by Gasteiger charge is -2.11. The second kappa shape index (κ2) is 7.60. The molecule has 30 heavy (non-hydrogen) atoms. The van der Waals surface area contributed by atoms with Crippen molar-refractivity contribution in [1.82, 2.24) is 14.5 Å². The monoisotopic (exact) mass is 438 g/mol. The molecule has 2 aromatic carbocycles. The Bertz CT molecular complexity index is 1280. The van der Waals surface area contributed by atoms with E-state index in [4.69, 9.17) is 5.26 Å². The van der Waals surface area contributed by atoms with Gasteiger partial charge in [0.2, 0.25) is 0 Å². The van der Waals surface area contributed by atoms with Gasteiger partial charge in [0.05, 0.1) is 22.1 Å². The van der Waals surface area contributed by atoms with Crippen LogP contribution in [0.25, 0.3) is 5.69 Å². The molecule has 1 heterocycles. The Morgan fingerprint density at radius 1 is 1.13 bits per heavy atom. The van der Waals surface area contributed by atoms with E-state index in [1.165, 1.54) is 30.5 Å². The summed E-state index contributed by atoms with van der Waals surface area (Å²) in [6.45, 7) is 0. The van der Waals surface area contributed by atoms with E-state index in [-0.39, 0.29) is 11.8 Å². The highest BCUT2D eigenvalue weighted by atomic mass is 32.2. The number of aromatic nitrogens is 2. The van der Waals surface area contributed by atoms with Crippen LogP contribution in [0.5, 0.6) is 0 Å². The van der Waals surface area contributed by atoms with Crippen LogP contribution in [-0.4, -0.2) is 24.1 Å². The van der Waals surface area contributed by atoms with E-state index < -0.39 is 49.6 Å². The molecule has 0 fully saturated rings. The Labute approximate surface area is 167 Å². The third-order valence-corrected chi connectivity index (χ3v) is 5.20. The minimum absolute atomic E-state index is 0.00122. The van der Waals surface area contributed by atoms with Gasteiger partial charge in [0.15, 0.2) is 5.69 Å². The molecule has 0 saturated heterocycles. The first-order valence-electron chi connectivity index (χ1n) is 8.02. The molecule has 0 unspecified atom stereocenters. The van der Waals surface area contributed by atoms with Gasteiger partial charge in [-0.2, -0.15) is 23.5 Å². The lowest BCUT2D eigenvalue weighted by atomic mass is 10.1. The maximum atomic E-state index is 13.8. The number of sulfonamides is 1. The molecular weight excluding hydrogens is 428 g/mol. The van der Waals surface area contributed by atoms with Gasteiger partial charge in [-0.3, -0.25) is 4.79 Å². The third-order valence-electron chi connectivity index (χ3n) is 3.88. The smallest absolute Gasteiger partial charge is 0.266 e. The molecule has 3 aromatic rings. The molecule has 12 heteroatoms. The van der Waals surface area contributed by atoms with Gasteiger partial charge >= 0.3 is 6.18 Å². The maximum absolute atomic E-state index is 13.8. The zero-order valence-corrected chi connectivity index (χ0v) is 15.5. The Kier molecular flexibility index (Phi) is 5.32. The molecule has 1 N–H and O–H groups in total. The van der Waals surface area contributed by atoms with E-state index in [0.29, 0.717) is 6.07 Å². The first kappa shape index (κ1) is 21.0. The molecule has 0 atom stereocenters. The van der Waals surface area contributed by atoms with Crippen molar-refractivity contribution >= 4 is 15.9 Å². The maximum Gasteiger partial charge on any atom is 0.417 e. The van der Waals surface area contributed by atoms with Gasteiger partial charge in [0.25, 0.3) is 15.9 Å². The minimum Gasteiger partial charge on any atom is -0.266 e. The van der Waals surface area contributed by atoms with Gasteiger partial charge in [-0.1, -0.05) is 12.1 Å². The van der Waals surface area contributed by atoms with Crippen LogP contribution in [0, 0.1) is 17.1 Å². The molecule has 0 aliphatic carbocycles. The van der Waals surface area contributed by atoms with Gasteiger partial charge in [-0.25, -0.2) is 22.2 Å².